The molecule has 1 aromatic heterocycles. The molecule has 128 valence electrons. The Balaban J connectivity index is 2.51. The summed E-state index contributed by atoms with van der Waals surface area (Å²) in [5.41, 5.74) is 6.81. The van der Waals surface area contributed by atoms with Gasteiger partial charge in [-0.1, -0.05) is 0 Å². The molecule has 0 spiro atoms. The van der Waals surface area contributed by atoms with E-state index in [1.807, 2.05) is 0 Å². The minimum atomic E-state index is -0.580. The lowest BCUT2D eigenvalue weighted by atomic mass is 10.0. The number of benzene rings is 1. The molecular weight excluding hydrogens is 316 g/mol. The van der Waals surface area contributed by atoms with Gasteiger partial charge in [0.1, 0.15) is 22.9 Å². The maximum absolute atomic E-state index is 11.9. The van der Waals surface area contributed by atoms with Crippen LogP contribution in [0.1, 0.15) is 21.5 Å². The first-order valence-electron chi connectivity index (χ1n) is 6.86. The van der Waals surface area contributed by atoms with Crippen LogP contribution in [0.4, 0.5) is 5.82 Å². The van der Waals surface area contributed by atoms with Crippen molar-refractivity contribution in [2.24, 2.45) is 0 Å². The van der Waals surface area contributed by atoms with E-state index in [2.05, 4.69) is 4.98 Å². The van der Waals surface area contributed by atoms with Crippen molar-refractivity contribution in [2.45, 2.75) is 6.42 Å². The van der Waals surface area contributed by atoms with Crippen LogP contribution in [0.25, 0.3) is 0 Å². The van der Waals surface area contributed by atoms with Crippen molar-refractivity contribution < 1.29 is 24.2 Å². The SMILES string of the molecule is COC(=O)c1c(OC)cc(Cc2cnc(=N)n(O)c2N)cc1OC. The number of carbonyl (C=O) groups excluding carboxylic acids is 1. The van der Waals surface area contributed by atoms with E-state index in [0.29, 0.717) is 15.9 Å². The molecule has 0 unspecified atom stereocenters. The van der Waals surface area contributed by atoms with Crippen LogP contribution in [0.15, 0.2) is 18.3 Å². The van der Waals surface area contributed by atoms with Crippen LogP contribution >= 0.6 is 0 Å². The summed E-state index contributed by atoms with van der Waals surface area (Å²) in [6.07, 6.45) is 1.69. The number of rotatable bonds is 5. The van der Waals surface area contributed by atoms with Gasteiger partial charge in [-0.05, 0) is 17.7 Å². The van der Waals surface area contributed by atoms with Gasteiger partial charge in [0.25, 0.3) is 5.62 Å². The molecule has 4 N–H and O–H groups in total. The lowest BCUT2D eigenvalue weighted by Gasteiger charge is -2.14. The van der Waals surface area contributed by atoms with E-state index >= 15 is 0 Å². The second-order valence-electron chi connectivity index (χ2n) is 4.85. The highest BCUT2D eigenvalue weighted by Gasteiger charge is 2.21. The first kappa shape index (κ1) is 17.1. The second kappa shape index (κ2) is 6.90. The lowest BCUT2D eigenvalue weighted by molar-refractivity contribution is 0.0593. The van der Waals surface area contributed by atoms with E-state index < -0.39 is 5.97 Å². The fraction of sp³-hybridized carbons (Fsp3) is 0.267. The predicted octanol–water partition coefficient (Wildman–Crippen LogP) is 0.577. The van der Waals surface area contributed by atoms with Crippen molar-refractivity contribution in [3.05, 3.63) is 40.6 Å². The van der Waals surface area contributed by atoms with Gasteiger partial charge in [0.05, 0.1) is 21.3 Å². The number of nitrogens with one attached hydrogen (secondary N) is 1. The Labute approximate surface area is 137 Å². The largest absolute Gasteiger partial charge is 0.496 e. The van der Waals surface area contributed by atoms with Gasteiger partial charge in [-0.3, -0.25) is 5.41 Å². The maximum Gasteiger partial charge on any atom is 0.345 e. The lowest BCUT2D eigenvalue weighted by Crippen LogP contribution is -2.24. The number of carbonyl (C=O) groups is 1. The first-order valence-corrected chi connectivity index (χ1v) is 6.86. The van der Waals surface area contributed by atoms with Gasteiger partial charge in [-0.2, -0.15) is 0 Å². The molecule has 0 saturated carbocycles. The van der Waals surface area contributed by atoms with Gasteiger partial charge in [0, 0.05) is 18.2 Å². The molecule has 0 saturated heterocycles. The highest BCUT2D eigenvalue weighted by Crippen LogP contribution is 2.32. The van der Waals surface area contributed by atoms with E-state index in [0.717, 1.165) is 0 Å². The molecule has 0 aliphatic rings. The number of anilines is 1. The second-order valence-corrected chi connectivity index (χ2v) is 4.85. The Morgan fingerprint density at radius 1 is 1.29 bits per heavy atom. The summed E-state index contributed by atoms with van der Waals surface area (Å²) >= 11 is 0. The standard InChI is InChI=1S/C15H18N4O5/c1-22-10-5-8(6-11(23-2)12(10)14(20)24-3)4-9-7-18-15(17)19(21)13(9)16/h5-7,17,21H,4,16H2,1-3H3. The molecule has 0 fully saturated rings. The topological polar surface area (TPSA) is 133 Å². The molecule has 1 heterocycles. The molecule has 0 atom stereocenters. The first-order chi connectivity index (χ1) is 11.4. The minimum absolute atomic E-state index is 0.00461. The predicted molar refractivity (Wildman–Crippen MR) is 83.4 cm³/mol. The highest BCUT2D eigenvalue weighted by atomic mass is 16.5. The number of nitrogens with zero attached hydrogens (tertiary/aromatic N) is 2. The Hall–Kier alpha value is -3.23. The maximum atomic E-state index is 11.9. The van der Waals surface area contributed by atoms with E-state index in [-0.39, 0.29) is 34.9 Å². The molecule has 2 aromatic rings. The molecule has 0 bridgehead atoms. The Kier molecular flexibility index (Phi) is 4.93. The van der Waals surface area contributed by atoms with Gasteiger partial charge in [0.15, 0.2) is 0 Å². The fourth-order valence-electron chi connectivity index (χ4n) is 2.24. The van der Waals surface area contributed by atoms with E-state index in [1.54, 1.807) is 12.1 Å². The van der Waals surface area contributed by atoms with Crippen LogP contribution in [0.2, 0.25) is 0 Å². The zero-order valence-corrected chi connectivity index (χ0v) is 13.5. The molecule has 24 heavy (non-hydrogen) atoms. The van der Waals surface area contributed by atoms with Crippen LogP contribution in [0.5, 0.6) is 11.5 Å². The zero-order chi connectivity index (χ0) is 17.9. The van der Waals surface area contributed by atoms with Gasteiger partial charge in [-0.15, -0.1) is 4.73 Å². The number of nitrogens with two attached hydrogens (primary N) is 1. The van der Waals surface area contributed by atoms with Crippen LogP contribution in [-0.2, 0) is 11.2 Å². The van der Waals surface area contributed by atoms with E-state index in [1.165, 1.54) is 27.5 Å². The Morgan fingerprint density at radius 3 is 2.38 bits per heavy atom. The average Bonchev–Trinajstić information content (AvgIpc) is 2.60. The van der Waals surface area contributed by atoms with E-state index in [9.17, 15) is 10.0 Å². The Morgan fingerprint density at radius 2 is 1.88 bits per heavy atom. The molecule has 0 aliphatic heterocycles. The normalized spacial score (nSPS) is 10.3. The average molecular weight is 334 g/mol. The monoisotopic (exact) mass is 334 g/mol. The number of hydrogen-bond donors (Lipinski definition) is 3. The zero-order valence-electron chi connectivity index (χ0n) is 13.5. The minimum Gasteiger partial charge on any atom is -0.496 e. The molecule has 9 nitrogen and oxygen atoms in total. The third-order valence-corrected chi connectivity index (χ3v) is 3.45. The van der Waals surface area contributed by atoms with Crippen molar-refractivity contribution in [3.63, 3.8) is 0 Å². The number of esters is 1. The van der Waals surface area contributed by atoms with Crippen LogP contribution in [0.3, 0.4) is 0 Å². The summed E-state index contributed by atoms with van der Waals surface area (Å²) < 4.78 is 15.7. The van der Waals surface area contributed by atoms with Gasteiger partial charge in [0.2, 0.25) is 0 Å². The van der Waals surface area contributed by atoms with Gasteiger partial charge < -0.3 is 25.2 Å². The van der Waals surface area contributed by atoms with Crippen molar-refractivity contribution in [3.8, 4) is 11.5 Å². The summed E-state index contributed by atoms with van der Waals surface area (Å²) in [5.74, 6) is 0.00148. The van der Waals surface area contributed by atoms with Crippen LogP contribution in [-0.4, -0.2) is 42.2 Å². The number of aromatic nitrogens is 2. The van der Waals surface area contributed by atoms with Crippen molar-refractivity contribution in [1.82, 2.24) is 9.71 Å². The Bertz CT molecular complexity index is 806. The number of methoxy groups -OCH3 is 3. The summed E-state index contributed by atoms with van der Waals surface area (Å²) in [6, 6.07) is 3.29. The summed E-state index contributed by atoms with van der Waals surface area (Å²) in [6.45, 7) is 0. The molecule has 0 radical (unpaired) electrons. The van der Waals surface area contributed by atoms with Crippen LogP contribution < -0.4 is 20.8 Å². The molecule has 0 aliphatic carbocycles. The summed E-state index contributed by atoms with van der Waals surface area (Å²) in [4.78, 5) is 15.7. The summed E-state index contributed by atoms with van der Waals surface area (Å²) in [7, 11) is 4.12. The number of nitrogen functional groups attached to an aromatic ring is 1. The number of hydrogen-bond acceptors (Lipinski definition) is 8. The van der Waals surface area contributed by atoms with Gasteiger partial charge in [-0.25, -0.2) is 9.78 Å². The third-order valence-electron chi connectivity index (χ3n) is 3.45. The fourth-order valence-corrected chi connectivity index (χ4v) is 2.24. The summed E-state index contributed by atoms with van der Waals surface area (Å²) in [5, 5.41) is 17.0. The van der Waals surface area contributed by atoms with Crippen LogP contribution in [0, 0.1) is 5.41 Å². The van der Waals surface area contributed by atoms with E-state index in [4.69, 9.17) is 25.4 Å². The van der Waals surface area contributed by atoms with Crippen molar-refractivity contribution in [2.75, 3.05) is 27.1 Å². The molecular formula is C15H18N4O5. The smallest absolute Gasteiger partial charge is 0.345 e. The molecule has 0 amide bonds. The van der Waals surface area contributed by atoms with Gasteiger partial charge >= 0.3 is 5.97 Å². The molecule has 2 rings (SSSR count). The van der Waals surface area contributed by atoms with Crippen molar-refractivity contribution >= 4 is 11.8 Å². The highest BCUT2D eigenvalue weighted by molar-refractivity contribution is 5.95. The number of ether oxygens (including phenoxy) is 3. The van der Waals surface area contributed by atoms with Crippen molar-refractivity contribution in [1.29, 1.82) is 5.41 Å². The molecule has 1 aromatic carbocycles. The third kappa shape index (κ3) is 3.09. The quantitative estimate of drug-likeness (QED) is 0.538. The molecule has 9 heteroatoms.